The Balaban J connectivity index is 0.740. The number of anilines is 1. The maximum atomic E-state index is 4.45. The van der Waals surface area contributed by atoms with Crippen LogP contribution in [0.5, 0.6) is 0 Å². The minimum absolute atomic E-state index is 0.0279. The number of allylic oxidation sites excluding steroid dienone is 6. The van der Waals surface area contributed by atoms with Gasteiger partial charge in [-0.25, -0.2) is 0 Å². The van der Waals surface area contributed by atoms with Gasteiger partial charge in [0.25, 0.3) is 0 Å². The maximum absolute atomic E-state index is 4.45. The topological polar surface area (TPSA) is 37.8 Å². The van der Waals surface area contributed by atoms with Crippen molar-refractivity contribution in [2.24, 2.45) is 0 Å². The van der Waals surface area contributed by atoms with Crippen molar-refractivity contribution in [1.82, 2.24) is 9.97 Å². The second-order valence-electron chi connectivity index (χ2n) is 23.0. The molecule has 0 spiro atoms. The summed E-state index contributed by atoms with van der Waals surface area (Å²) in [6.45, 7) is 0. The zero-order valence-electron chi connectivity index (χ0n) is 45.2. The molecule has 0 saturated carbocycles. The van der Waals surface area contributed by atoms with Crippen LogP contribution in [0.3, 0.4) is 0 Å². The molecule has 0 aliphatic heterocycles. The van der Waals surface area contributed by atoms with Crippen molar-refractivity contribution in [3.63, 3.8) is 0 Å². The Morgan fingerprint density at radius 3 is 1.38 bits per heavy atom. The summed E-state index contributed by atoms with van der Waals surface area (Å²) in [4.78, 5) is 8.82. The van der Waals surface area contributed by atoms with Crippen molar-refractivity contribution in [2.75, 3.05) is 5.32 Å². The van der Waals surface area contributed by atoms with Crippen molar-refractivity contribution in [3.8, 4) is 66.8 Å². The molecule has 0 saturated heterocycles. The van der Waals surface area contributed by atoms with Crippen LogP contribution in [0.4, 0.5) is 5.69 Å². The quantitative estimate of drug-likeness (QED) is 0.148. The molecule has 5 aliphatic carbocycles. The predicted molar refractivity (Wildman–Crippen MR) is 339 cm³/mol. The number of benzene rings is 9. The zero-order valence-corrected chi connectivity index (χ0v) is 45.2. The van der Waals surface area contributed by atoms with Crippen LogP contribution in [-0.2, 0) is 0 Å². The molecule has 16 rings (SSSR count). The van der Waals surface area contributed by atoms with Crippen LogP contribution in [0.25, 0.3) is 105 Å². The summed E-state index contributed by atoms with van der Waals surface area (Å²) in [5.74, 6) is 1.16. The number of hydrogen-bond donors (Lipinski definition) is 1. The van der Waals surface area contributed by atoms with Crippen molar-refractivity contribution in [3.05, 3.63) is 289 Å². The van der Waals surface area contributed by atoms with E-state index >= 15 is 0 Å². The van der Waals surface area contributed by atoms with E-state index in [1.54, 1.807) is 11.1 Å². The molecule has 5 aliphatic rings. The van der Waals surface area contributed by atoms with E-state index in [0.29, 0.717) is 11.8 Å². The lowest BCUT2D eigenvalue weighted by Gasteiger charge is -2.29. The summed E-state index contributed by atoms with van der Waals surface area (Å²) in [5.41, 5.74) is 28.1. The fourth-order valence-corrected chi connectivity index (χ4v) is 14.5. The maximum Gasteiger partial charge on any atom is 0.0551 e. The number of fused-ring (bicyclic) bond motifs is 6. The molecule has 1 N–H and O–H groups in total. The third-order valence-electron chi connectivity index (χ3n) is 18.4. The Morgan fingerprint density at radius 2 is 0.864 bits per heavy atom. The summed E-state index contributed by atoms with van der Waals surface area (Å²) in [6.07, 6.45) is 26.9. The summed E-state index contributed by atoms with van der Waals surface area (Å²) in [6, 6.07) is 75.6. The second-order valence-corrected chi connectivity index (χ2v) is 23.0. The molecule has 4 atom stereocenters. The van der Waals surface area contributed by atoms with Gasteiger partial charge in [-0.05, 0) is 219 Å². The molecular weight excluding hydrogens is 979 g/mol. The van der Waals surface area contributed by atoms with E-state index in [0.717, 1.165) is 22.4 Å². The first kappa shape index (κ1) is 47.6. The van der Waals surface area contributed by atoms with Gasteiger partial charge in [0, 0.05) is 48.2 Å². The molecule has 2 aromatic heterocycles. The third kappa shape index (κ3) is 8.33. The van der Waals surface area contributed by atoms with Gasteiger partial charge in [-0.1, -0.05) is 188 Å². The fraction of sp³-hybridized carbons (Fsp3) is 0.128. The predicted octanol–water partition coefficient (Wildman–Crippen LogP) is 20.3. The first-order valence-electron chi connectivity index (χ1n) is 29.2. The van der Waals surface area contributed by atoms with Crippen molar-refractivity contribution < 1.29 is 0 Å². The molecule has 9 aromatic carbocycles. The highest BCUT2D eigenvalue weighted by atomic mass is 14.9. The van der Waals surface area contributed by atoms with Crippen LogP contribution in [0, 0.1) is 0 Å². The molecule has 386 valence electrons. The van der Waals surface area contributed by atoms with E-state index in [-0.39, 0.29) is 12.0 Å². The van der Waals surface area contributed by atoms with Crippen LogP contribution < -0.4 is 5.32 Å². The molecule has 2 heterocycles. The van der Waals surface area contributed by atoms with Crippen LogP contribution >= 0.6 is 0 Å². The number of hydrogen-bond acceptors (Lipinski definition) is 3. The fourth-order valence-electron chi connectivity index (χ4n) is 14.5. The Kier molecular flexibility index (Phi) is 11.6. The zero-order chi connectivity index (χ0) is 53.4. The number of rotatable bonds is 10. The molecule has 0 fully saturated rings. The first-order valence-corrected chi connectivity index (χ1v) is 29.2. The molecule has 0 radical (unpaired) electrons. The van der Waals surface area contributed by atoms with Gasteiger partial charge < -0.3 is 5.32 Å². The molecule has 0 bridgehead atoms. The van der Waals surface area contributed by atoms with Gasteiger partial charge >= 0.3 is 0 Å². The van der Waals surface area contributed by atoms with Crippen LogP contribution in [0.1, 0.15) is 89.7 Å². The summed E-state index contributed by atoms with van der Waals surface area (Å²) < 4.78 is 0. The smallest absolute Gasteiger partial charge is 0.0551 e. The summed E-state index contributed by atoms with van der Waals surface area (Å²) in [7, 11) is 0. The van der Waals surface area contributed by atoms with Gasteiger partial charge in [0.2, 0.25) is 0 Å². The van der Waals surface area contributed by atoms with Crippen molar-refractivity contribution in [1.29, 1.82) is 0 Å². The Bertz CT molecular complexity index is 4210. The average Bonchev–Trinajstić information content (AvgIpc) is 4.23. The second kappa shape index (κ2) is 19.7. The molecule has 0 amide bonds. The number of nitrogens with zero attached hydrogens (tertiary/aromatic N) is 2. The van der Waals surface area contributed by atoms with E-state index in [1.807, 2.05) is 36.9 Å². The highest BCUT2D eigenvalue weighted by Crippen LogP contribution is 2.54. The van der Waals surface area contributed by atoms with Gasteiger partial charge in [-0.2, -0.15) is 0 Å². The lowest BCUT2D eigenvalue weighted by Crippen LogP contribution is -2.26. The van der Waals surface area contributed by atoms with Crippen molar-refractivity contribution >= 4 is 44.0 Å². The average molecular weight is 1040 g/mol. The van der Waals surface area contributed by atoms with Crippen LogP contribution in [-0.4, -0.2) is 16.0 Å². The standard InChI is InChI=1S/C78H59N3/c1-3-13-67-65(11-1)71-17-5-15-69-63(36-38-73(67)77(69)71)53-25-21-50(22-26-53)59-43-60(51-23-27-54(28-24-51)64-37-39-74-68-14-4-2-12-66(68)72-18-6-16-70(64)78(72)74)45-61(44-59)52-31-34-62(35-32-52)81-76-40-33-56(58-10-8-42-80-48-58)46-75(76)55-29-19-49(20-30-55)57-9-7-41-79-47-57/h5-10,13-48,65-66,75-76,81H,1-4,11-12H2. The lowest BCUT2D eigenvalue weighted by atomic mass is 9.83. The van der Waals surface area contributed by atoms with E-state index in [1.165, 1.54) is 149 Å². The SMILES string of the molecule is C1=CC(Nc2ccc(-c3cc(-c4ccc(-c5ccc6c7c(cccc57)C5CCCC=C65)cc4)cc(-c4ccc(-c5ccc6c7c(cccc57)C5CCCC=C65)cc4)c3)cc2)C(c2ccc(-c3cccnc3)cc2)C=C1c1cccnc1. The van der Waals surface area contributed by atoms with Gasteiger partial charge in [-0.15, -0.1) is 0 Å². The van der Waals surface area contributed by atoms with Crippen molar-refractivity contribution in [2.45, 2.75) is 62.3 Å². The number of nitrogens with one attached hydrogen (secondary N) is 1. The van der Waals surface area contributed by atoms with Gasteiger partial charge in [-0.3, -0.25) is 9.97 Å². The number of pyridine rings is 2. The third-order valence-corrected chi connectivity index (χ3v) is 18.4. The van der Waals surface area contributed by atoms with Gasteiger partial charge in [0.05, 0.1) is 6.04 Å². The molecule has 3 heteroatoms. The normalized spacial score (nSPS) is 18.5. The van der Waals surface area contributed by atoms with Gasteiger partial charge in [0.15, 0.2) is 0 Å². The monoisotopic (exact) mass is 1040 g/mol. The Labute approximate surface area is 474 Å². The molecule has 11 aromatic rings. The van der Waals surface area contributed by atoms with Crippen LogP contribution in [0.15, 0.2) is 255 Å². The number of aromatic nitrogens is 2. The van der Waals surface area contributed by atoms with Gasteiger partial charge in [0.1, 0.15) is 0 Å². The largest absolute Gasteiger partial charge is 0.378 e. The molecule has 4 unspecified atom stereocenters. The highest BCUT2D eigenvalue weighted by Gasteiger charge is 2.33. The summed E-state index contributed by atoms with van der Waals surface area (Å²) >= 11 is 0. The minimum Gasteiger partial charge on any atom is -0.378 e. The van der Waals surface area contributed by atoms with E-state index in [2.05, 4.69) is 234 Å². The first-order chi connectivity index (χ1) is 40.1. The van der Waals surface area contributed by atoms with E-state index < -0.39 is 0 Å². The van der Waals surface area contributed by atoms with E-state index in [9.17, 15) is 0 Å². The van der Waals surface area contributed by atoms with Crippen LogP contribution in [0.2, 0.25) is 0 Å². The molecular formula is C78H59N3. The minimum atomic E-state index is 0.0279. The Hall–Kier alpha value is -9.44. The lowest BCUT2D eigenvalue weighted by molar-refractivity contribution is 0.679. The molecule has 81 heavy (non-hydrogen) atoms. The van der Waals surface area contributed by atoms with E-state index in [4.69, 9.17) is 0 Å². The Morgan fingerprint density at radius 1 is 0.395 bits per heavy atom. The molecule has 3 nitrogen and oxygen atoms in total. The highest BCUT2D eigenvalue weighted by molar-refractivity contribution is 6.11. The summed E-state index contributed by atoms with van der Waals surface area (Å²) in [5, 5.41) is 9.59.